The molecule has 6 heteroatoms. The molecule has 1 aliphatic heterocycles. The van der Waals surface area contributed by atoms with Gasteiger partial charge in [-0.3, -0.25) is 4.72 Å². The molecule has 1 N–H and O–H groups in total. The van der Waals surface area contributed by atoms with Gasteiger partial charge in [0.15, 0.2) is 0 Å². The number of anilines is 2. The van der Waals surface area contributed by atoms with Gasteiger partial charge in [0.2, 0.25) is 0 Å². The van der Waals surface area contributed by atoms with Crippen LogP contribution in [-0.2, 0) is 16.4 Å². The van der Waals surface area contributed by atoms with E-state index < -0.39 is 10.0 Å². The van der Waals surface area contributed by atoms with E-state index in [4.69, 9.17) is 0 Å². The van der Waals surface area contributed by atoms with Gasteiger partial charge >= 0.3 is 0 Å². The molecule has 1 heterocycles. The Labute approximate surface area is 156 Å². The Kier molecular flexibility index (Phi) is 5.84. The van der Waals surface area contributed by atoms with Crippen LogP contribution in [0.4, 0.5) is 11.4 Å². The molecule has 0 radical (unpaired) electrons. The van der Waals surface area contributed by atoms with Gasteiger partial charge in [-0.25, -0.2) is 8.42 Å². The first-order valence-electron chi connectivity index (χ1n) is 9.14. The predicted octanol–water partition coefficient (Wildman–Crippen LogP) is 3.19. The molecule has 140 valence electrons. The lowest BCUT2D eigenvalue weighted by atomic mass is 10.1. The van der Waals surface area contributed by atoms with Gasteiger partial charge in [0.1, 0.15) is 0 Å². The summed E-state index contributed by atoms with van der Waals surface area (Å²) in [6.07, 6.45) is 2.00. The largest absolute Gasteiger partial charge is 0.367 e. The number of sulfonamides is 1. The fourth-order valence-corrected chi connectivity index (χ4v) is 4.29. The highest BCUT2D eigenvalue weighted by atomic mass is 32.2. The molecular formula is C20H27N3O2S. The highest BCUT2D eigenvalue weighted by molar-refractivity contribution is 7.92. The van der Waals surface area contributed by atoms with Gasteiger partial charge in [0.05, 0.1) is 16.3 Å². The minimum absolute atomic E-state index is 0.297. The van der Waals surface area contributed by atoms with E-state index in [2.05, 4.69) is 28.5 Å². The Balaban J connectivity index is 1.81. The predicted molar refractivity (Wildman–Crippen MR) is 107 cm³/mol. The zero-order valence-corrected chi connectivity index (χ0v) is 16.3. The standard InChI is InChI=1S/C20H27N3O2S/c1-3-6-17-9-11-18(12-10-17)26(24,25)21-19-7-4-5-8-20(19)23-15-13-22(2)14-16-23/h4-5,7-12,21H,3,6,13-16H2,1-2H3. The Bertz CT molecular complexity index is 826. The van der Waals surface area contributed by atoms with Crippen molar-refractivity contribution in [2.45, 2.75) is 24.7 Å². The van der Waals surface area contributed by atoms with E-state index in [1.165, 1.54) is 0 Å². The summed E-state index contributed by atoms with van der Waals surface area (Å²) < 4.78 is 28.4. The van der Waals surface area contributed by atoms with Crippen molar-refractivity contribution in [1.29, 1.82) is 0 Å². The summed E-state index contributed by atoms with van der Waals surface area (Å²) in [6, 6.07) is 14.8. The molecule has 0 spiro atoms. The van der Waals surface area contributed by atoms with Crippen LogP contribution in [0.25, 0.3) is 0 Å². The molecule has 0 amide bonds. The van der Waals surface area contributed by atoms with Crippen LogP contribution in [0.5, 0.6) is 0 Å². The molecule has 1 aliphatic rings. The Hall–Kier alpha value is -2.05. The smallest absolute Gasteiger partial charge is 0.261 e. The van der Waals surface area contributed by atoms with Crippen molar-refractivity contribution in [2.75, 3.05) is 42.8 Å². The van der Waals surface area contributed by atoms with Crippen molar-refractivity contribution in [3.05, 3.63) is 54.1 Å². The monoisotopic (exact) mass is 373 g/mol. The van der Waals surface area contributed by atoms with Gasteiger partial charge in [0, 0.05) is 26.2 Å². The number of benzene rings is 2. The van der Waals surface area contributed by atoms with E-state index >= 15 is 0 Å². The van der Waals surface area contributed by atoms with Gasteiger partial charge in [-0.1, -0.05) is 37.6 Å². The van der Waals surface area contributed by atoms with E-state index in [9.17, 15) is 8.42 Å². The quantitative estimate of drug-likeness (QED) is 0.845. The first-order valence-corrected chi connectivity index (χ1v) is 10.6. The van der Waals surface area contributed by atoms with E-state index in [0.717, 1.165) is 50.3 Å². The Morgan fingerprint density at radius 2 is 1.62 bits per heavy atom. The van der Waals surface area contributed by atoms with E-state index in [-0.39, 0.29) is 0 Å². The second-order valence-electron chi connectivity index (χ2n) is 6.81. The lowest BCUT2D eigenvalue weighted by Gasteiger charge is -2.35. The highest BCUT2D eigenvalue weighted by Gasteiger charge is 2.20. The molecule has 0 bridgehead atoms. The van der Waals surface area contributed by atoms with Crippen molar-refractivity contribution in [1.82, 2.24) is 4.90 Å². The third kappa shape index (κ3) is 4.37. The van der Waals surface area contributed by atoms with Crippen LogP contribution in [0.15, 0.2) is 53.4 Å². The molecule has 2 aromatic rings. The lowest BCUT2D eigenvalue weighted by Crippen LogP contribution is -2.44. The fraction of sp³-hybridized carbons (Fsp3) is 0.400. The summed E-state index contributed by atoms with van der Waals surface area (Å²) in [5, 5.41) is 0. The Morgan fingerprint density at radius 3 is 2.27 bits per heavy atom. The first-order chi connectivity index (χ1) is 12.5. The molecule has 0 saturated carbocycles. The summed E-state index contributed by atoms with van der Waals surface area (Å²) in [4.78, 5) is 4.81. The van der Waals surface area contributed by atoms with Gasteiger partial charge in [-0.05, 0) is 43.3 Å². The van der Waals surface area contributed by atoms with Crippen LogP contribution >= 0.6 is 0 Å². The number of para-hydroxylation sites is 2. The van der Waals surface area contributed by atoms with Gasteiger partial charge in [-0.15, -0.1) is 0 Å². The summed E-state index contributed by atoms with van der Waals surface area (Å²) in [5.74, 6) is 0. The van der Waals surface area contributed by atoms with Crippen molar-refractivity contribution in [2.24, 2.45) is 0 Å². The zero-order chi connectivity index (χ0) is 18.6. The summed E-state index contributed by atoms with van der Waals surface area (Å²) >= 11 is 0. The molecule has 0 atom stereocenters. The van der Waals surface area contributed by atoms with Crippen LogP contribution in [-0.4, -0.2) is 46.5 Å². The number of hydrogen-bond donors (Lipinski definition) is 1. The molecule has 5 nitrogen and oxygen atoms in total. The SMILES string of the molecule is CCCc1ccc(S(=O)(=O)Nc2ccccc2N2CCN(C)CC2)cc1. The normalized spacial score (nSPS) is 15.8. The van der Waals surface area contributed by atoms with Crippen LogP contribution in [0.1, 0.15) is 18.9 Å². The minimum Gasteiger partial charge on any atom is -0.367 e. The fourth-order valence-electron chi connectivity index (χ4n) is 3.21. The maximum absolute atomic E-state index is 12.8. The van der Waals surface area contributed by atoms with Gasteiger partial charge in [0.25, 0.3) is 10.0 Å². The number of rotatable bonds is 6. The number of nitrogens with one attached hydrogen (secondary N) is 1. The molecule has 0 unspecified atom stereocenters. The zero-order valence-electron chi connectivity index (χ0n) is 15.5. The molecule has 0 aliphatic carbocycles. The number of hydrogen-bond acceptors (Lipinski definition) is 4. The van der Waals surface area contributed by atoms with Gasteiger partial charge in [-0.2, -0.15) is 0 Å². The summed E-state index contributed by atoms with van der Waals surface area (Å²) in [5.41, 5.74) is 2.73. The van der Waals surface area contributed by atoms with E-state index in [0.29, 0.717) is 10.6 Å². The Morgan fingerprint density at radius 1 is 0.962 bits per heavy atom. The number of piperazine rings is 1. The molecule has 0 aromatic heterocycles. The number of likely N-dealkylation sites (N-methyl/N-ethyl adjacent to an activating group) is 1. The maximum atomic E-state index is 12.8. The van der Waals surface area contributed by atoms with Crippen LogP contribution in [0.2, 0.25) is 0 Å². The minimum atomic E-state index is -3.60. The van der Waals surface area contributed by atoms with Crippen LogP contribution < -0.4 is 9.62 Å². The van der Waals surface area contributed by atoms with E-state index in [1.54, 1.807) is 12.1 Å². The van der Waals surface area contributed by atoms with Crippen molar-refractivity contribution < 1.29 is 8.42 Å². The van der Waals surface area contributed by atoms with Crippen molar-refractivity contribution in [3.63, 3.8) is 0 Å². The van der Waals surface area contributed by atoms with Crippen molar-refractivity contribution in [3.8, 4) is 0 Å². The van der Waals surface area contributed by atoms with Gasteiger partial charge < -0.3 is 9.80 Å². The van der Waals surface area contributed by atoms with Crippen molar-refractivity contribution >= 4 is 21.4 Å². The molecular weight excluding hydrogens is 346 g/mol. The average molecular weight is 374 g/mol. The first kappa shape index (κ1) is 18.7. The second-order valence-corrected chi connectivity index (χ2v) is 8.49. The second kappa shape index (κ2) is 8.10. The molecule has 26 heavy (non-hydrogen) atoms. The molecule has 3 rings (SSSR count). The third-order valence-electron chi connectivity index (χ3n) is 4.76. The average Bonchev–Trinajstić information content (AvgIpc) is 2.63. The summed E-state index contributed by atoms with van der Waals surface area (Å²) in [7, 11) is -1.50. The molecule has 2 aromatic carbocycles. The van der Waals surface area contributed by atoms with Crippen LogP contribution in [0.3, 0.4) is 0 Å². The number of aryl methyl sites for hydroxylation is 1. The van der Waals surface area contributed by atoms with E-state index in [1.807, 2.05) is 36.4 Å². The third-order valence-corrected chi connectivity index (χ3v) is 6.15. The topological polar surface area (TPSA) is 52.7 Å². The maximum Gasteiger partial charge on any atom is 0.261 e. The summed E-state index contributed by atoms with van der Waals surface area (Å²) in [6.45, 7) is 5.84. The lowest BCUT2D eigenvalue weighted by molar-refractivity contribution is 0.313. The van der Waals surface area contributed by atoms with Crippen LogP contribution in [0, 0.1) is 0 Å². The number of nitrogens with zero attached hydrogens (tertiary/aromatic N) is 2. The highest BCUT2D eigenvalue weighted by Crippen LogP contribution is 2.28. The molecule has 1 saturated heterocycles. The molecule has 1 fully saturated rings.